The first kappa shape index (κ1) is 31.6. The van der Waals surface area contributed by atoms with Crippen LogP contribution in [-0.4, -0.2) is 18.7 Å². The number of aromatic nitrogens is 4. The van der Waals surface area contributed by atoms with Gasteiger partial charge in [0.25, 0.3) is 0 Å². The Morgan fingerprint density at radius 1 is 0.688 bits per heavy atom. The van der Waals surface area contributed by atoms with E-state index in [1.807, 2.05) is 24.4 Å². The van der Waals surface area contributed by atoms with Crippen LogP contribution in [0.25, 0.3) is 55.5 Å². The smallest absolute Gasteiger partial charge is 0.188 e. The summed E-state index contributed by atoms with van der Waals surface area (Å²) in [7, 11) is 0. The van der Waals surface area contributed by atoms with Crippen LogP contribution in [0.2, 0.25) is 0 Å². The molecular formula is C42H35N4OPt-. The Bertz CT molecular complexity index is 2420. The minimum Gasteiger partial charge on any atom is -0.508 e. The minimum absolute atomic E-state index is 0. The summed E-state index contributed by atoms with van der Waals surface area (Å²) in [4.78, 5) is 4.87. The predicted octanol–water partition coefficient (Wildman–Crippen LogP) is 11.0. The van der Waals surface area contributed by atoms with E-state index in [9.17, 15) is 0 Å². The fraction of sp³-hybridized carbons (Fsp3) is 0.143. The normalized spacial score (nSPS) is 11.5. The average Bonchev–Trinajstić information content (AvgIpc) is 3.65. The Balaban J connectivity index is 0.00000364. The van der Waals surface area contributed by atoms with Crippen LogP contribution in [0.15, 0.2) is 128 Å². The standard InChI is InChI=1S/C42H35N4O.Pt/c1-28(2)34-14-5-6-15-35(34)30-22-23-43-42(24-30)46-38-17-8-7-16-36(38)37-21-20-33(26-41(37)46)47-32-13-11-12-31(25-32)45-27-44(29(3)4)39-18-9-10-19-40(39)45;/h5-24,27-29H,1-4H3;/q-1;. The van der Waals surface area contributed by atoms with E-state index in [0.29, 0.717) is 23.5 Å². The molecular weight excluding hydrogens is 772 g/mol. The molecule has 0 atom stereocenters. The molecule has 0 fully saturated rings. The van der Waals surface area contributed by atoms with Crippen LogP contribution in [0.1, 0.15) is 45.2 Å². The number of rotatable bonds is 7. The van der Waals surface area contributed by atoms with E-state index in [-0.39, 0.29) is 21.1 Å². The van der Waals surface area contributed by atoms with E-state index in [4.69, 9.17) is 9.72 Å². The maximum atomic E-state index is 6.47. The van der Waals surface area contributed by atoms with Crippen LogP contribution in [0.5, 0.6) is 11.5 Å². The molecule has 8 aromatic rings. The van der Waals surface area contributed by atoms with Crippen molar-refractivity contribution in [2.45, 2.75) is 39.7 Å². The van der Waals surface area contributed by atoms with Gasteiger partial charge in [0.2, 0.25) is 0 Å². The number of nitrogens with zero attached hydrogens (tertiary/aromatic N) is 4. The van der Waals surface area contributed by atoms with E-state index in [1.165, 1.54) is 16.6 Å². The molecule has 48 heavy (non-hydrogen) atoms. The molecule has 3 heterocycles. The largest absolute Gasteiger partial charge is 0.508 e. The Morgan fingerprint density at radius 3 is 2.23 bits per heavy atom. The zero-order valence-electron chi connectivity index (χ0n) is 27.3. The molecule has 0 unspecified atom stereocenters. The number of hydrogen-bond acceptors (Lipinski definition) is 2. The van der Waals surface area contributed by atoms with Gasteiger partial charge in [-0.25, -0.2) is 14.1 Å². The van der Waals surface area contributed by atoms with Gasteiger partial charge in [0.15, 0.2) is 17.4 Å². The monoisotopic (exact) mass is 806 g/mol. The summed E-state index contributed by atoms with van der Waals surface area (Å²) in [5.74, 6) is 2.49. The molecule has 0 spiro atoms. The molecule has 0 amide bonds. The van der Waals surface area contributed by atoms with Gasteiger partial charge in [-0.05, 0) is 72.2 Å². The second-order valence-electron chi connectivity index (χ2n) is 12.6. The van der Waals surface area contributed by atoms with Crippen molar-refractivity contribution in [2.75, 3.05) is 0 Å². The van der Waals surface area contributed by atoms with Crippen molar-refractivity contribution in [3.05, 3.63) is 145 Å². The summed E-state index contributed by atoms with van der Waals surface area (Å²) in [5.41, 5.74) is 8.89. The number of ether oxygens (including phenoxy) is 1. The number of hydrogen-bond donors (Lipinski definition) is 0. The van der Waals surface area contributed by atoms with Crippen molar-refractivity contribution in [3.63, 3.8) is 0 Å². The number of fused-ring (bicyclic) bond motifs is 4. The molecule has 240 valence electrons. The fourth-order valence-electron chi connectivity index (χ4n) is 6.64. The van der Waals surface area contributed by atoms with Gasteiger partial charge in [-0.3, -0.25) is 0 Å². The molecule has 5 aromatic carbocycles. The molecule has 0 aliphatic heterocycles. The Morgan fingerprint density at radius 2 is 1.42 bits per heavy atom. The molecule has 0 saturated heterocycles. The van der Waals surface area contributed by atoms with E-state index in [1.54, 1.807) is 0 Å². The van der Waals surface area contributed by atoms with Crippen LogP contribution >= 0.6 is 0 Å². The molecule has 8 rings (SSSR count). The van der Waals surface area contributed by atoms with Gasteiger partial charge in [-0.15, -0.1) is 29.7 Å². The number of benzene rings is 5. The quantitative estimate of drug-likeness (QED) is 0.150. The van der Waals surface area contributed by atoms with Gasteiger partial charge >= 0.3 is 0 Å². The first-order valence-corrected chi connectivity index (χ1v) is 16.2. The number of imidazole rings is 1. The summed E-state index contributed by atoms with van der Waals surface area (Å²) in [6.07, 6.45) is 4.04. The molecule has 0 N–H and O–H groups in total. The SMILES string of the molecule is CC(C)c1ccccc1-c1ccnc(-n2c3[c-]c(Oc4[c-]c(-n5[cH+]n(C(C)C)c6ccccc65)ccc4)ccc3c3ccccc32)c1.[Pt]. The first-order valence-electron chi connectivity index (χ1n) is 16.2. The fourth-order valence-corrected chi connectivity index (χ4v) is 6.64. The van der Waals surface area contributed by atoms with Gasteiger partial charge in [0, 0.05) is 62.1 Å². The minimum atomic E-state index is 0. The third kappa shape index (κ3) is 5.52. The predicted molar refractivity (Wildman–Crippen MR) is 192 cm³/mol. The van der Waals surface area contributed by atoms with E-state index in [0.717, 1.165) is 44.4 Å². The second-order valence-corrected chi connectivity index (χ2v) is 12.6. The first-order chi connectivity index (χ1) is 23.0. The van der Waals surface area contributed by atoms with E-state index < -0.39 is 0 Å². The third-order valence-corrected chi connectivity index (χ3v) is 8.87. The Hall–Kier alpha value is -4.99. The van der Waals surface area contributed by atoms with Crippen molar-refractivity contribution in [1.82, 2.24) is 18.7 Å². The van der Waals surface area contributed by atoms with Crippen molar-refractivity contribution in [2.24, 2.45) is 0 Å². The molecule has 5 nitrogen and oxygen atoms in total. The summed E-state index contributed by atoms with van der Waals surface area (Å²) in [6.45, 7) is 8.86. The molecule has 0 bridgehead atoms. The molecule has 0 radical (unpaired) electrons. The maximum Gasteiger partial charge on any atom is 0.188 e. The topological polar surface area (TPSA) is 36.9 Å². The molecule has 0 aliphatic carbocycles. The Kier molecular flexibility index (Phi) is 8.49. The van der Waals surface area contributed by atoms with Crippen LogP contribution in [-0.2, 0) is 21.1 Å². The van der Waals surface area contributed by atoms with Crippen molar-refractivity contribution >= 4 is 32.8 Å². The van der Waals surface area contributed by atoms with Crippen molar-refractivity contribution < 1.29 is 25.8 Å². The summed E-state index contributed by atoms with van der Waals surface area (Å²) < 4.78 is 13.1. The zero-order chi connectivity index (χ0) is 32.1. The average molecular weight is 807 g/mol. The number of para-hydroxylation sites is 3. The van der Waals surface area contributed by atoms with Crippen LogP contribution in [0, 0.1) is 12.1 Å². The van der Waals surface area contributed by atoms with E-state index >= 15 is 0 Å². The van der Waals surface area contributed by atoms with Gasteiger partial charge in [0.05, 0.1) is 6.04 Å². The van der Waals surface area contributed by atoms with Crippen molar-refractivity contribution in [3.8, 4) is 34.1 Å². The van der Waals surface area contributed by atoms with Crippen molar-refractivity contribution in [1.29, 1.82) is 0 Å². The summed E-state index contributed by atoms with van der Waals surface area (Å²) in [6, 6.07) is 47.3. The molecule has 3 aromatic heterocycles. The Labute approximate surface area is 295 Å². The maximum absolute atomic E-state index is 6.47. The van der Waals surface area contributed by atoms with Gasteiger partial charge in [-0.2, -0.15) is 12.1 Å². The molecule has 6 heteroatoms. The molecule has 0 aliphatic rings. The van der Waals surface area contributed by atoms with Crippen LogP contribution in [0.3, 0.4) is 0 Å². The van der Waals surface area contributed by atoms with E-state index in [2.05, 4.69) is 157 Å². The van der Waals surface area contributed by atoms with Gasteiger partial charge in [-0.1, -0.05) is 67.9 Å². The number of pyridine rings is 1. The zero-order valence-corrected chi connectivity index (χ0v) is 29.6. The van der Waals surface area contributed by atoms with Gasteiger partial charge < -0.3 is 9.30 Å². The third-order valence-electron chi connectivity index (χ3n) is 8.87. The summed E-state index contributed by atoms with van der Waals surface area (Å²) in [5, 5.41) is 2.24. The second kappa shape index (κ2) is 12.9. The van der Waals surface area contributed by atoms with Gasteiger partial charge in [0.1, 0.15) is 5.82 Å². The molecule has 0 saturated carbocycles. The van der Waals surface area contributed by atoms with Crippen LogP contribution in [0.4, 0.5) is 0 Å². The summed E-state index contributed by atoms with van der Waals surface area (Å²) >= 11 is 0. The van der Waals surface area contributed by atoms with Crippen LogP contribution < -0.4 is 4.74 Å².